The van der Waals surface area contributed by atoms with Crippen LogP contribution in [0.3, 0.4) is 0 Å². The van der Waals surface area contributed by atoms with E-state index in [2.05, 4.69) is 5.32 Å². The Morgan fingerprint density at radius 1 is 1.29 bits per heavy atom. The summed E-state index contributed by atoms with van der Waals surface area (Å²) in [4.78, 5) is 12.2. The lowest BCUT2D eigenvalue weighted by atomic mass is 10.1. The second kappa shape index (κ2) is 5.10. The summed E-state index contributed by atoms with van der Waals surface area (Å²) >= 11 is 1.56. The fourth-order valence-electron chi connectivity index (χ4n) is 1.63. The van der Waals surface area contributed by atoms with Gasteiger partial charge in [-0.2, -0.15) is 0 Å². The van der Waals surface area contributed by atoms with Gasteiger partial charge in [0, 0.05) is 11.8 Å². The predicted molar refractivity (Wildman–Crippen MR) is 66.4 cm³/mol. The average Bonchev–Trinajstić information content (AvgIpc) is 2.80. The van der Waals surface area contributed by atoms with Gasteiger partial charge in [-0.1, -0.05) is 18.2 Å². The molecule has 0 aliphatic carbocycles. The first-order valence-corrected chi connectivity index (χ1v) is 6.11. The summed E-state index contributed by atoms with van der Waals surface area (Å²) in [6.45, 7) is 1.48. The molecular weight excluding hydrogens is 237 g/mol. The second-order valence-electron chi connectivity index (χ2n) is 3.70. The Kier molecular flexibility index (Phi) is 3.54. The Hall–Kier alpha value is -1.68. The molecule has 1 N–H and O–H groups in total. The molecule has 1 aromatic heterocycles. The molecule has 88 valence electrons. The first-order valence-electron chi connectivity index (χ1n) is 5.23. The standard InChI is InChI=1S/C13H12FNOS/c1-9(16)15-13(12-3-2-8-17-12)10-4-6-11(14)7-5-10/h2-8,13H,1H3,(H,15,16). The molecule has 0 bridgehead atoms. The Morgan fingerprint density at radius 3 is 2.53 bits per heavy atom. The third-order valence-electron chi connectivity index (χ3n) is 2.38. The average molecular weight is 249 g/mol. The van der Waals surface area contributed by atoms with Crippen molar-refractivity contribution in [2.75, 3.05) is 0 Å². The van der Waals surface area contributed by atoms with Crippen LogP contribution in [0.5, 0.6) is 0 Å². The Balaban J connectivity index is 2.33. The van der Waals surface area contributed by atoms with E-state index in [4.69, 9.17) is 0 Å². The highest BCUT2D eigenvalue weighted by atomic mass is 32.1. The Bertz CT molecular complexity index is 493. The summed E-state index contributed by atoms with van der Waals surface area (Å²) in [7, 11) is 0. The minimum absolute atomic E-state index is 0.104. The third kappa shape index (κ3) is 2.91. The highest BCUT2D eigenvalue weighted by Gasteiger charge is 2.15. The molecule has 0 spiro atoms. The molecule has 1 aromatic carbocycles. The molecule has 1 amide bonds. The fourth-order valence-corrected chi connectivity index (χ4v) is 2.44. The number of halogens is 1. The Labute approximate surface area is 103 Å². The fraction of sp³-hybridized carbons (Fsp3) is 0.154. The molecule has 0 saturated carbocycles. The molecule has 2 nitrogen and oxygen atoms in total. The number of benzene rings is 1. The van der Waals surface area contributed by atoms with Crippen molar-refractivity contribution in [2.45, 2.75) is 13.0 Å². The minimum Gasteiger partial charge on any atom is -0.345 e. The number of thiophene rings is 1. The van der Waals surface area contributed by atoms with E-state index in [1.165, 1.54) is 19.1 Å². The highest BCUT2D eigenvalue weighted by molar-refractivity contribution is 7.10. The lowest BCUT2D eigenvalue weighted by Gasteiger charge is -2.16. The van der Waals surface area contributed by atoms with E-state index in [-0.39, 0.29) is 17.8 Å². The zero-order chi connectivity index (χ0) is 12.3. The first kappa shape index (κ1) is 11.8. The van der Waals surface area contributed by atoms with Crippen molar-refractivity contribution in [1.29, 1.82) is 0 Å². The van der Waals surface area contributed by atoms with E-state index in [9.17, 15) is 9.18 Å². The quantitative estimate of drug-likeness (QED) is 0.889. The molecule has 0 saturated heterocycles. The van der Waals surface area contributed by atoms with Crippen LogP contribution in [0.4, 0.5) is 4.39 Å². The normalized spacial score (nSPS) is 12.1. The van der Waals surface area contributed by atoms with Crippen LogP contribution in [0.15, 0.2) is 41.8 Å². The highest BCUT2D eigenvalue weighted by Crippen LogP contribution is 2.26. The molecule has 0 aliphatic heterocycles. The second-order valence-corrected chi connectivity index (χ2v) is 4.68. The summed E-state index contributed by atoms with van der Waals surface area (Å²) in [5.41, 5.74) is 0.879. The zero-order valence-corrected chi connectivity index (χ0v) is 10.1. The number of hydrogen-bond donors (Lipinski definition) is 1. The van der Waals surface area contributed by atoms with E-state index in [1.807, 2.05) is 17.5 Å². The molecule has 0 aliphatic rings. The SMILES string of the molecule is CC(=O)NC(c1ccc(F)cc1)c1cccs1. The van der Waals surface area contributed by atoms with Gasteiger partial charge in [-0.05, 0) is 29.1 Å². The van der Waals surface area contributed by atoms with Crippen molar-refractivity contribution in [3.05, 3.63) is 58.0 Å². The number of carbonyl (C=O) groups excluding carboxylic acids is 1. The lowest BCUT2D eigenvalue weighted by molar-refractivity contribution is -0.119. The molecule has 0 fully saturated rings. The summed E-state index contributed by atoms with van der Waals surface area (Å²) in [5, 5.41) is 4.82. The van der Waals surface area contributed by atoms with Crippen LogP contribution >= 0.6 is 11.3 Å². The third-order valence-corrected chi connectivity index (χ3v) is 3.32. The van der Waals surface area contributed by atoms with Gasteiger partial charge in [-0.3, -0.25) is 4.79 Å². The van der Waals surface area contributed by atoms with Crippen molar-refractivity contribution in [2.24, 2.45) is 0 Å². The van der Waals surface area contributed by atoms with E-state index in [0.717, 1.165) is 10.4 Å². The van der Waals surface area contributed by atoms with E-state index >= 15 is 0 Å². The van der Waals surface area contributed by atoms with Gasteiger partial charge in [0.25, 0.3) is 0 Å². The monoisotopic (exact) mass is 249 g/mol. The number of nitrogens with one attached hydrogen (secondary N) is 1. The largest absolute Gasteiger partial charge is 0.345 e. The molecule has 2 rings (SSSR count). The van der Waals surface area contributed by atoms with E-state index < -0.39 is 0 Å². The molecule has 2 aromatic rings. The summed E-state index contributed by atoms with van der Waals surface area (Å²) in [6, 6.07) is 9.86. The van der Waals surface area contributed by atoms with Gasteiger partial charge in [0.1, 0.15) is 5.82 Å². The van der Waals surface area contributed by atoms with Crippen LogP contribution in [0, 0.1) is 5.82 Å². The molecule has 4 heteroatoms. The van der Waals surface area contributed by atoms with Crippen LogP contribution in [0.1, 0.15) is 23.4 Å². The molecule has 17 heavy (non-hydrogen) atoms. The summed E-state index contributed by atoms with van der Waals surface area (Å²) < 4.78 is 12.9. The van der Waals surface area contributed by atoms with Crippen LogP contribution < -0.4 is 5.32 Å². The topological polar surface area (TPSA) is 29.1 Å². The van der Waals surface area contributed by atoms with E-state index in [1.54, 1.807) is 23.5 Å². The van der Waals surface area contributed by atoms with Gasteiger partial charge in [0.2, 0.25) is 5.91 Å². The lowest BCUT2D eigenvalue weighted by Crippen LogP contribution is -2.26. The van der Waals surface area contributed by atoms with Gasteiger partial charge >= 0.3 is 0 Å². The molecule has 1 atom stereocenters. The van der Waals surface area contributed by atoms with Crippen molar-refractivity contribution in [1.82, 2.24) is 5.32 Å². The minimum atomic E-state index is -0.276. The number of hydrogen-bond acceptors (Lipinski definition) is 2. The summed E-state index contributed by atoms with van der Waals surface area (Å²) in [6.07, 6.45) is 0. The number of amides is 1. The first-order chi connectivity index (χ1) is 8.16. The summed E-state index contributed by atoms with van der Waals surface area (Å²) in [5.74, 6) is -0.380. The predicted octanol–water partition coefficient (Wildman–Crippen LogP) is 3.11. The number of carbonyl (C=O) groups is 1. The van der Waals surface area contributed by atoms with Crippen LogP contribution in [-0.4, -0.2) is 5.91 Å². The molecule has 1 unspecified atom stereocenters. The van der Waals surface area contributed by atoms with Crippen molar-refractivity contribution in [3.63, 3.8) is 0 Å². The van der Waals surface area contributed by atoms with Crippen molar-refractivity contribution >= 4 is 17.2 Å². The maximum atomic E-state index is 12.9. The van der Waals surface area contributed by atoms with Crippen LogP contribution in [0.2, 0.25) is 0 Å². The maximum Gasteiger partial charge on any atom is 0.217 e. The van der Waals surface area contributed by atoms with Crippen LogP contribution in [0.25, 0.3) is 0 Å². The molecule has 1 heterocycles. The van der Waals surface area contributed by atoms with Crippen molar-refractivity contribution < 1.29 is 9.18 Å². The van der Waals surface area contributed by atoms with Gasteiger partial charge in [0.15, 0.2) is 0 Å². The number of rotatable bonds is 3. The van der Waals surface area contributed by atoms with Gasteiger partial charge < -0.3 is 5.32 Å². The molecular formula is C13H12FNOS. The zero-order valence-electron chi connectivity index (χ0n) is 9.31. The van der Waals surface area contributed by atoms with Crippen LogP contribution in [-0.2, 0) is 4.79 Å². The van der Waals surface area contributed by atoms with Gasteiger partial charge in [-0.15, -0.1) is 11.3 Å². The van der Waals surface area contributed by atoms with Crippen molar-refractivity contribution in [3.8, 4) is 0 Å². The van der Waals surface area contributed by atoms with Gasteiger partial charge in [-0.25, -0.2) is 4.39 Å². The van der Waals surface area contributed by atoms with E-state index in [0.29, 0.717) is 0 Å². The molecule has 0 radical (unpaired) electrons. The Morgan fingerprint density at radius 2 is 2.00 bits per heavy atom. The smallest absolute Gasteiger partial charge is 0.217 e. The maximum absolute atomic E-state index is 12.9. The van der Waals surface area contributed by atoms with Gasteiger partial charge in [0.05, 0.1) is 6.04 Å².